The van der Waals surface area contributed by atoms with Gasteiger partial charge in [0.1, 0.15) is 23.9 Å². The van der Waals surface area contributed by atoms with Crippen molar-refractivity contribution in [3.8, 4) is 5.75 Å². The van der Waals surface area contributed by atoms with Gasteiger partial charge in [0.15, 0.2) is 0 Å². The van der Waals surface area contributed by atoms with Crippen LogP contribution in [0.5, 0.6) is 5.75 Å². The van der Waals surface area contributed by atoms with Crippen molar-refractivity contribution in [2.24, 2.45) is 0 Å². The third-order valence-electron chi connectivity index (χ3n) is 1.85. The van der Waals surface area contributed by atoms with Gasteiger partial charge >= 0.3 is 0 Å². The van der Waals surface area contributed by atoms with Crippen LogP contribution in [0.4, 0.5) is 10.1 Å². The second-order valence-electron chi connectivity index (χ2n) is 3.09. The lowest BCUT2D eigenvalue weighted by Gasteiger charge is -2.05. The largest absolute Gasteiger partial charge is 0.485 e. The summed E-state index contributed by atoms with van der Waals surface area (Å²) in [6, 6.07) is 7.62. The van der Waals surface area contributed by atoms with Crippen LogP contribution in [-0.2, 0) is 6.61 Å². The van der Waals surface area contributed by atoms with E-state index in [2.05, 4.69) is 0 Å². The molecule has 0 aliphatic carbocycles. The lowest BCUT2D eigenvalue weighted by atomic mass is 10.3. The van der Waals surface area contributed by atoms with Crippen LogP contribution in [0.3, 0.4) is 0 Å². The van der Waals surface area contributed by atoms with Crippen molar-refractivity contribution < 1.29 is 13.5 Å². The van der Waals surface area contributed by atoms with Gasteiger partial charge in [0.05, 0.1) is 6.26 Å². The lowest BCUT2D eigenvalue weighted by molar-refractivity contribution is 0.269. The average molecular weight is 207 g/mol. The van der Waals surface area contributed by atoms with Crippen molar-refractivity contribution in [3.63, 3.8) is 0 Å². The van der Waals surface area contributed by atoms with E-state index >= 15 is 0 Å². The van der Waals surface area contributed by atoms with Crippen molar-refractivity contribution in [3.05, 3.63) is 48.2 Å². The summed E-state index contributed by atoms with van der Waals surface area (Å²) >= 11 is 0. The highest BCUT2D eigenvalue weighted by Gasteiger charge is 2.01. The first-order valence-electron chi connectivity index (χ1n) is 4.45. The molecule has 1 heterocycles. The molecule has 0 bridgehead atoms. The van der Waals surface area contributed by atoms with Crippen molar-refractivity contribution in [1.29, 1.82) is 0 Å². The topological polar surface area (TPSA) is 48.4 Å². The first-order valence-corrected chi connectivity index (χ1v) is 4.45. The molecule has 0 fully saturated rings. The number of nitrogen functional groups attached to an aromatic ring is 1. The van der Waals surface area contributed by atoms with Gasteiger partial charge in [-0.25, -0.2) is 4.39 Å². The summed E-state index contributed by atoms with van der Waals surface area (Å²) in [5.74, 6) is 0.658. The van der Waals surface area contributed by atoms with Gasteiger partial charge in [-0.2, -0.15) is 0 Å². The number of furan rings is 1. The van der Waals surface area contributed by atoms with E-state index in [1.54, 1.807) is 24.5 Å². The van der Waals surface area contributed by atoms with Gasteiger partial charge in [-0.15, -0.1) is 0 Å². The smallest absolute Gasteiger partial charge is 0.146 e. The Bertz CT molecular complexity index is 420. The second-order valence-corrected chi connectivity index (χ2v) is 3.09. The summed E-state index contributed by atoms with van der Waals surface area (Å²) < 4.78 is 23.3. The minimum Gasteiger partial charge on any atom is -0.485 e. The van der Waals surface area contributed by atoms with Crippen LogP contribution in [0.15, 0.2) is 41.0 Å². The highest BCUT2D eigenvalue weighted by molar-refractivity contribution is 5.44. The fourth-order valence-corrected chi connectivity index (χ4v) is 1.22. The van der Waals surface area contributed by atoms with E-state index < -0.39 is 5.82 Å². The summed E-state index contributed by atoms with van der Waals surface area (Å²) in [6.07, 6.45) is 1.55. The molecular formula is C11H10FNO2. The molecule has 0 unspecified atom stereocenters. The van der Waals surface area contributed by atoms with Gasteiger partial charge in [-0.3, -0.25) is 0 Å². The van der Waals surface area contributed by atoms with E-state index in [1.165, 1.54) is 12.1 Å². The zero-order valence-electron chi connectivity index (χ0n) is 7.94. The average Bonchev–Trinajstić information content (AvgIpc) is 2.65. The maximum absolute atomic E-state index is 12.9. The molecule has 0 radical (unpaired) electrons. The minimum atomic E-state index is -0.413. The van der Waals surface area contributed by atoms with Crippen molar-refractivity contribution in [1.82, 2.24) is 0 Å². The second kappa shape index (κ2) is 4.04. The van der Waals surface area contributed by atoms with Crippen LogP contribution in [0.1, 0.15) is 5.76 Å². The summed E-state index contributed by atoms with van der Waals surface area (Å²) in [5, 5.41) is 0. The molecule has 2 rings (SSSR count). The Kier molecular flexibility index (Phi) is 2.58. The van der Waals surface area contributed by atoms with Crippen LogP contribution in [0, 0.1) is 5.82 Å². The molecule has 2 aromatic rings. The van der Waals surface area contributed by atoms with E-state index in [4.69, 9.17) is 14.9 Å². The van der Waals surface area contributed by atoms with Gasteiger partial charge in [-0.05, 0) is 18.2 Å². The van der Waals surface area contributed by atoms with Crippen molar-refractivity contribution in [2.45, 2.75) is 6.61 Å². The van der Waals surface area contributed by atoms with Gasteiger partial charge in [0, 0.05) is 17.8 Å². The quantitative estimate of drug-likeness (QED) is 0.787. The van der Waals surface area contributed by atoms with Crippen LogP contribution < -0.4 is 10.5 Å². The molecule has 0 amide bonds. The Morgan fingerprint density at radius 2 is 2.20 bits per heavy atom. The number of anilines is 1. The summed E-state index contributed by atoms with van der Waals surface area (Å²) in [5.41, 5.74) is 5.80. The monoisotopic (exact) mass is 207 g/mol. The molecule has 1 aromatic heterocycles. The molecule has 0 spiro atoms. The summed E-state index contributed by atoms with van der Waals surface area (Å²) in [6.45, 7) is 0.260. The Labute approximate surface area is 86.3 Å². The maximum Gasteiger partial charge on any atom is 0.146 e. The Morgan fingerprint density at radius 3 is 2.87 bits per heavy atom. The van der Waals surface area contributed by atoms with E-state index in [9.17, 15) is 4.39 Å². The first kappa shape index (κ1) is 9.58. The normalized spacial score (nSPS) is 10.2. The number of nitrogens with two attached hydrogens (primary N) is 1. The van der Waals surface area contributed by atoms with E-state index in [-0.39, 0.29) is 6.61 Å². The van der Waals surface area contributed by atoms with Crippen LogP contribution in [-0.4, -0.2) is 0 Å². The first-order chi connectivity index (χ1) is 7.24. The molecule has 78 valence electrons. The summed E-state index contributed by atoms with van der Waals surface area (Å²) in [7, 11) is 0. The summed E-state index contributed by atoms with van der Waals surface area (Å²) in [4.78, 5) is 0. The fraction of sp³-hybridized carbons (Fsp3) is 0.0909. The molecule has 1 aromatic carbocycles. The Hall–Kier alpha value is -1.97. The third-order valence-corrected chi connectivity index (χ3v) is 1.85. The number of halogens is 1. The fourth-order valence-electron chi connectivity index (χ4n) is 1.22. The lowest BCUT2D eigenvalue weighted by Crippen LogP contribution is -1.95. The highest BCUT2D eigenvalue weighted by atomic mass is 19.1. The molecule has 4 heteroatoms. The van der Waals surface area contributed by atoms with E-state index in [0.717, 1.165) is 0 Å². The van der Waals surface area contributed by atoms with Gasteiger partial charge in [0.2, 0.25) is 0 Å². The van der Waals surface area contributed by atoms with E-state index in [0.29, 0.717) is 17.2 Å². The molecule has 0 saturated heterocycles. The molecular weight excluding hydrogens is 197 g/mol. The van der Waals surface area contributed by atoms with Gasteiger partial charge in [0.25, 0.3) is 0 Å². The van der Waals surface area contributed by atoms with Crippen LogP contribution >= 0.6 is 0 Å². The molecule has 15 heavy (non-hydrogen) atoms. The zero-order chi connectivity index (χ0) is 10.7. The number of rotatable bonds is 3. The van der Waals surface area contributed by atoms with Gasteiger partial charge < -0.3 is 14.9 Å². The number of benzene rings is 1. The third kappa shape index (κ3) is 2.49. The molecule has 0 saturated carbocycles. The minimum absolute atomic E-state index is 0.260. The SMILES string of the molecule is Nc1cc(F)cc(OCc2ccco2)c1. The predicted octanol–water partition coefficient (Wildman–Crippen LogP) is 2.58. The standard InChI is InChI=1S/C11H10FNO2/c12-8-4-9(13)6-11(5-8)15-7-10-2-1-3-14-10/h1-6H,7,13H2. The maximum atomic E-state index is 12.9. The molecule has 0 atom stereocenters. The Morgan fingerprint density at radius 1 is 1.33 bits per heavy atom. The number of ether oxygens (including phenoxy) is 1. The van der Waals surface area contributed by atoms with Crippen molar-refractivity contribution in [2.75, 3.05) is 5.73 Å². The molecule has 2 N–H and O–H groups in total. The van der Waals surface area contributed by atoms with Crippen LogP contribution in [0.25, 0.3) is 0 Å². The van der Waals surface area contributed by atoms with E-state index in [1.807, 2.05) is 0 Å². The van der Waals surface area contributed by atoms with Gasteiger partial charge in [-0.1, -0.05) is 0 Å². The molecule has 3 nitrogen and oxygen atoms in total. The number of hydrogen-bond donors (Lipinski definition) is 1. The predicted molar refractivity (Wildman–Crippen MR) is 53.9 cm³/mol. The highest BCUT2D eigenvalue weighted by Crippen LogP contribution is 2.18. The zero-order valence-corrected chi connectivity index (χ0v) is 7.94. The molecule has 0 aliphatic heterocycles. The number of hydrogen-bond acceptors (Lipinski definition) is 3. The van der Waals surface area contributed by atoms with Crippen molar-refractivity contribution >= 4 is 5.69 Å². The van der Waals surface area contributed by atoms with Crippen LogP contribution in [0.2, 0.25) is 0 Å². The Balaban J connectivity index is 2.05. The molecule has 0 aliphatic rings.